The first-order chi connectivity index (χ1) is 20.1. The predicted octanol–water partition coefficient (Wildman–Crippen LogP) is 0.141. The first kappa shape index (κ1) is 33.3. The number of carbonyl (C=O) groups excluding carboxylic acids is 1. The van der Waals surface area contributed by atoms with Crippen molar-refractivity contribution in [3.8, 4) is 0 Å². The maximum Gasteiger partial charge on any atom is 0.490 e. The molecule has 43 heavy (non-hydrogen) atoms. The van der Waals surface area contributed by atoms with Gasteiger partial charge in [0.1, 0.15) is 36.1 Å². The van der Waals surface area contributed by atoms with Gasteiger partial charge in [0.25, 0.3) is 5.91 Å². The fraction of sp³-hybridized carbons (Fsp3) is 0.412. The van der Waals surface area contributed by atoms with Gasteiger partial charge in [-0.2, -0.15) is 8.62 Å². The normalized spacial score (nSPS) is 23.6. The zero-order valence-corrected chi connectivity index (χ0v) is 25.0. The number of rotatable bonds is 13. The first-order valence-electron chi connectivity index (χ1n) is 11.4. The minimum atomic E-state index is -5.77. The lowest BCUT2D eigenvalue weighted by atomic mass is 10.1. The van der Waals surface area contributed by atoms with Crippen LogP contribution in [-0.2, 0) is 45.8 Å². The molecule has 1 aliphatic heterocycles. The summed E-state index contributed by atoms with van der Waals surface area (Å²) in [7, 11) is -15.7. The van der Waals surface area contributed by atoms with Crippen molar-refractivity contribution >= 4 is 64.7 Å². The summed E-state index contributed by atoms with van der Waals surface area (Å²) < 4.78 is 65.7. The second-order valence-electron chi connectivity index (χ2n) is 8.32. The number of amides is 1. The molecular formula is C17H23N8O14P3S. The van der Waals surface area contributed by atoms with Crippen LogP contribution in [0.25, 0.3) is 11.2 Å². The van der Waals surface area contributed by atoms with Crippen LogP contribution in [0, 0.1) is 4.64 Å². The van der Waals surface area contributed by atoms with E-state index in [-0.39, 0.29) is 27.7 Å². The van der Waals surface area contributed by atoms with Crippen molar-refractivity contribution in [1.29, 1.82) is 0 Å². The highest BCUT2D eigenvalue weighted by Crippen LogP contribution is 2.66. The number of methoxy groups -OCH3 is 1. The summed E-state index contributed by atoms with van der Waals surface area (Å²) in [5.41, 5.74) is 6.23. The van der Waals surface area contributed by atoms with Crippen LogP contribution in [0.2, 0.25) is 0 Å². The Bertz CT molecular complexity index is 1670. The predicted molar refractivity (Wildman–Crippen MR) is 142 cm³/mol. The number of nitrogen functional groups attached to an aromatic ring is 1. The van der Waals surface area contributed by atoms with E-state index in [1.807, 2.05) is 0 Å². The minimum Gasteiger partial charge on any atom is -0.376 e. The third-order valence-electron chi connectivity index (χ3n) is 5.34. The Hall–Kier alpha value is -2.59. The number of phosphoric ester groups is 1. The molecule has 1 fully saturated rings. The third-order valence-corrected chi connectivity index (χ3v) is 9.43. The monoisotopic (exact) mass is 688 g/mol. The Labute approximate surface area is 245 Å². The van der Waals surface area contributed by atoms with E-state index < -0.39 is 67.1 Å². The number of phosphoric acid groups is 3. The molecule has 0 radical (unpaired) electrons. The van der Waals surface area contributed by atoms with E-state index >= 15 is 0 Å². The van der Waals surface area contributed by atoms with Gasteiger partial charge in [-0.25, -0.2) is 33.6 Å². The standard InChI is InChI=1S/C17H23N8O14P3S/c1-34-11-8(5-36-41(30,31)39-42(32,33)38-40(27,28)29)37-15(25-7-21-10-13(25)23-16(18)24-14(10)43)12(11)35-6-9(26)22-17-19-3-2-4-20-17/h2-4,7-8,11-12,15H,5-6H2,1H3,(H,30,31)(H,32,33)(H2,27,28,29)(H3,18,23,24,43)(H,19,20,22,26)/t8-,11?,12+,15-/m1/s1. The van der Waals surface area contributed by atoms with E-state index in [1.54, 1.807) is 6.07 Å². The summed E-state index contributed by atoms with van der Waals surface area (Å²) in [5.74, 6) is -0.729. The zero-order chi connectivity index (χ0) is 31.6. The van der Waals surface area contributed by atoms with E-state index in [1.165, 1.54) is 30.4 Å². The lowest BCUT2D eigenvalue weighted by Gasteiger charge is -2.24. The average Bonchev–Trinajstić information content (AvgIpc) is 3.45. The van der Waals surface area contributed by atoms with Gasteiger partial charge in [0.05, 0.1) is 12.9 Å². The van der Waals surface area contributed by atoms with Gasteiger partial charge in [0, 0.05) is 19.5 Å². The third kappa shape index (κ3) is 8.75. The Morgan fingerprint density at radius 3 is 2.49 bits per heavy atom. The molecule has 0 spiro atoms. The number of aromatic nitrogens is 6. The summed E-state index contributed by atoms with van der Waals surface area (Å²) in [5, 5.41) is 2.43. The van der Waals surface area contributed by atoms with Crippen molar-refractivity contribution in [3.05, 3.63) is 29.4 Å². The average molecular weight is 688 g/mol. The Balaban J connectivity index is 1.57. The lowest BCUT2D eigenvalue weighted by Crippen LogP contribution is -2.39. The van der Waals surface area contributed by atoms with Gasteiger partial charge >= 0.3 is 23.5 Å². The summed E-state index contributed by atoms with van der Waals surface area (Å²) in [6.45, 7) is -1.47. The van der Waals surface area contributed by atoms with E-state index in [9.17, 15) is 28.3 Å². The number of anilines is 2. The number of nitrogens with zero attached hydrogens (tertiary/aromatic N) is 5. The van der Waals surface area contributed by atoms with Crippen LogP contribution in [0.3, 0.4) is 0 Å². The highest BCUT2D eigenvalue weighted by molar-refractivity contribution is 7.71. The van der Waals surface area contributed by atoms with Gasteiger partial charge in [-0.3, -0.25) is 19.2 Å². The minimum absolute atomic E-state index is 0.00337. The van der Waals surface area contributed by atoms with Crippen molar-refractivity contribution < 1.29 is 65.4 Å². The van der Waals surface area contributed by atoms with Crippen molar-refractivity contribution in [2.24, 2.45) is 0 Å². The van der Waals surface area contributed by atoms with E-state index in [0.29, 0.717) is 0 Å². The molecule has 3 unspecified atom stereocenters. The van der Waals surface area contributed by atoms with Gasteiger partial charge in [-0.15, -0.1) is 0 Å². The van der Waals surface area contributed by atoms with E-state index in [0.717, 1.165) is 0 Å². The first-order valence-corrected chi connectivity index (χ1v) is 16.4. The molecule has 6 atom stereocenters. The second-order valence-corrected chi connectivity index (χ2v) is 13.1. The number of nitrogens with two attached hydrogens (primary N) is 1. The molecule has 0 aliphatic carbocycles. The van der Waals surface area contributed by atoms with Crippen molar-refractivity contribution in [2.75, 3.05) is 31.4 Å². The SMILES string of the molecule is COC1[C@@H](COP(=O)(O)OP(=O)(O)OP(=O)(O)O)O[C@@H](n2cnc3c(=S)nc(N)[nH]c32)[C@H]1OCC(=O)Nc1ncccn1. The van der Waals surface area contributed by atoms with Gasteiger partial charge in [-0.05, 0) is 6.07 Å². The summed E-state index contributed by atoms with van der Waals surface area (Å²) in [6, 6.07) is 1.54. The fourth-order valence-corrected chi connectivity index (χ4v) is 7.12. The number of imidazole rings is 1. The molecule has 1 amide bonds. The molecule has 3 aromatic rings. The lowest BCUT2D eigenvalue weighted by molar-refractivity contribution is -0.128. The molecular weight excluding hydrogens is 665 g/mol. The van der Waals surface area contributed by atoms with Gasteiger partial charge in [0.2, 0.25) is 5.95 Å². The number of aromatic amines is 1. The molecule has 1 saturated heterocycles. The van der Waals surface area contributed by atoms with Crippen LogP contribution in [0.15, 0.2) is 24.8 Å². The molecule has 0 aromatic carbocycles. The summed E-state index contributed by atoms with van der Waals surface area (Å²) >= 11 is 5.19. The molecule has 4 rings (SSSR count). The molecule has 0 saturated carbocycles. The Kier molecular flexibility index (Phi) is 10.2. The van der Waals surface area contributed by atoms with Crippen LogP contribution in [0.4, 0.5) is 11.9 Å². The van der Waals surface area contributed by atoms with Crippen LogP contribution in [0.5, 0.6) is 0 Å². The Morgan fingerprint density at radius 2 is 1.84 bits per heavy atom. The number of ether oxygens (including phenoxy) is 3. The second kappa shape index (κ2) is 13.2. The molecule has 3 aromatic heterocycles. The molecule has 22 nitrogen and oxygen atoms in total. The topological polar surface area (TPSA) is 315 Å². The van der Waals surface area contributed by atoms with E-state index in [4.69, 9.17) is 46.5 Å². The van der Waals surface area contributed by atoms with Gasteiger partial charge < -0.3 is 44.5 Å². The number of fused-ring (bicyclic) bond motifs is 1. The maximum atomic E-state index is 12.5. The van der Waals surface area contributed by atoms with Gasteiger partial charge in [-0.1, -0.05) is 12.2 Å². The molecule has 1 aliphatic rings. The van der Waals surface area contributed by atoms with Crippen LogP contribution < -0.4 is 11.1 Å². The largest absolute Gasteiger partial charge is 0.490 e. The molecule has 8 N–H and O–H groups in total. The van der Waals surface area contributed by atoms with Crippen LogP contribution >= 0.6 is 35.7 Å². The maximum absolute atomic E-state index is 12.5. The van der Waals surface area contributed by atoms with Crippen molar-refractivity contribution in [2.45, 2.75) is 24.5 Å². The van der Waals surface area contributed by atoms with E-state index in [2.05, 4.69) is 38.9 Å². The number of hydrogen-bond acceptors (Lipinski definition) is 16. The van der Waals surface area contributed by atoms with Gasteiger partial charge in [0.15, 0.2) is 16.8 Å². The summed E-state index contributed by atoms with van der Waals surface area (Å²) in [6.07, 6.45) is -0.727. The highest BCUT2D eigenvalue weighted by atomic mass is 32.1. The Morgan fingerprint density at radius 1 is 1.14 bits per heavy atom. The van der Waals surface area contributed by atoms with Crippen molar-refractivity contribution in [1.82, 2.24) is 29.5 Å². The fourth-order valence-electron chi connectivity index (χ4n) is 3.84. The number of hydrogen-bond donors (Lipinski definition) is 7. The van der Waals surface area contributed by atoms with Crippen LogP contribution in [0.1, 0.15) is 6.23 Å². The quantitative estimate of drug-likeness (QED) is 0.0927. The van der Waals surface area contributed by atoms with Crippen LogP contribution in [-0.4, -0.2) is 93.6 Å². The molecule has 236 valence electrons. The highest BCUT2D eigenvalue weighted by Gasteiger charge is 2.49. The number of nitrogens with one attached hydrogen (secondary N) is 2. The molecule has 26 heteroatoms. The number of H-pyrrole nitrogens is 1. The molecule has 0 bridgehead atoms. The zero-order valence-electron chi connectivity index (χ0n) is 21.5. The molecule has 4 heterocycles. The van der Waals surface area contributed by atoms with Crippen molar-refractivity contribution in [3.63, 3.8) is 0 Å². The summed E-state index contributed by atoms with van der Waals surface area (Å²) in [4.78, 5) is 67.9. The number of carbonyl (C=O) groups is 1. The smallest absolute Gasteiger partial charge is 0.376 e.